The van der Waals surface area contributed by atoms with Crippen molar-refractivity contribution in [3.8, 4) is 0 Å². The van der Waals surface area contributed by atoms with Gasteiger partial charge in [0, 0.05) is 12.1 Å². The lowest BCUT2D eigenvalue weighted by Gasteiger charge is -2.31. The number of nitrogens with two attached hydrogens (primary N) is 1. The summed E-state index contributed by atoms with van der Waals surface area (Å²) in [5.41, 5.74) is 8.76. The molecule has 2 heterocycles. The molecule has 21 heavy (non-hydrogen) atoms. The van der Waals surface area contributed by atoms with Crippen LogP contribution in [0.1, 0.15) is 63.8 Å². The molecule has 0 spiro atoms. The normalized spacial score (nSPS) is 21.8. The van der Waals surface area contributed by atoms with E-state index in [9.17, 15) is 0 Å². The van der Waals surface area contributed by atoms with Gasteiger partial charge in [-0.25, -0.2) is 0 Å². The Kier molecular flexibility index (Phi) is 4.80. The highest BCUT2D eigenvalue weighted by Crippen LogP contribution is 2.34. The Balaban J connectivity index is 2.60. The lowest BCUT2D eigenvalue weighted by Crippen LogP contribution is -2.37. The van der Waals surface area contributed by atoms with Crippen molar-refractivity contribution < 1.29 is 0 Å². The predicted octanol–water partition coefficient (Wildman–Crippen LogP) is 2.65. The maximum absolute atomic E-state index is 8.03. The van der Waals surface area contributed by atoms with Gasteiger partial charge in [-0.3, -0.25) is 5.41 Å². The van der Waals surface area contributed by atoms with E-state index in [1.54, 1.807) is 0 Å². The van der Waals surface area contributed by atoms with Crippen molar-refractivity contribution in [2.75, 3.05) is 4.90 Å². The Hall–Kier alpha value is -1.65. The van der Waals surface area contributed by atoms with Crippen molar-refractivity contribution in [1.82, 2.24) is 10.2 Å². The summed E-state index contributed by atoms with van der Waals surface area (Å²) in [6.45, 7) is 8.59. The van der Waals surface area contributed by atoms with Crippen LogP contribution < -0.4 is 10.6 Å². The molecule has 1 aliphatic rings. The van der Waals surface area contributed by atoms with E-state index >= 15 is 0 Å². The molecule has 0 saturated carbocycles. The van der Waals surface area contributed by atoms with E-state index in [4.69, 9.17) is 11.1 Å². The summed E-state index contributed by atoms with van der Waals surface area (Å²) in [5.74, 6) is 0.925. The summed E-state index contributed by atoms with van der Waals surface area (Å²) in [6, 6.07) is 0.907. The third-order valence-electron chi connectivity index (χ3n) is 4.60. The molecule has 2 unspecified atom stereocenters. The first-order chi connectivity index (χ1) is 10.0. The van der Waals surface area contributed by atoms with E-state index in [2.05, 4.69) is 42.8 Å². The first kappa shape index (κ1) is 15.7. The van der Waals surface area contributed by atoms with E-state index in [1.807, 2.05) is 0 Å². The second-order valence-corrected chi connectivity index (χ2v) is 5.84. The topological polar surface area (TPSA) is 78.9 Å². The number of amidine groups is 1. The highest BCUT2D eigenvalue weighted by molar-refractivity contribution is 6.01. The van der Waals surface area contributed by atoms with E-state index < -0.39 is 0 Å². The monoisotopic (exact) mass is 289 g/mol. The first-order valence-electron chi connectivity index (χ1n) is 8.06. The Bertz CT molecular complexity index is 526. The number of anilines is 1. The van der Waals surface area contributed by atoms with Gasteiger partial charge in [0.15, 0.2) is 5.82 Å². The van der Waals surface area contributed by atoms with Crippen molar-refractivity contribution in [1.29, 1.82) is 5.41 Å². The number of nitrogens with one attached hydrogen (secondary N) is 1. The fourth-order valence-electron chi connectivity index (χ4n) is 3.48. The van der Waals surface area contributed by atoms with Gasteiger partial charge < -0.3 is 10.6 Å². The van der Waals surface area contributed by atoms with Gasteiger partial charge in [0.25, 0.3) is 0 Å². The SMILES string of the molecule is CCc1nnc(N2C(C)CCC2CC)c(C(=N)N)c1CC. The molecule has 1 fully saturated rings. The van der Waals surface area contributed by atoms with E-state index in [-0.39, 0.29) is 5.84 Å². The minimum absolute atomic E-state index is 0.111. The lowest BCUT2D eigenvalue weighted by molar-refractivity contribution is 0.614. The van der Waals surface area contributed by atoms with Crippen LogP contribution in [0.4, 0.5) is 5.82 Å². The van der Waals surface area contributed by atoms with Gasteiger partial charge in [0.05, 0.1) is 11.3 Å². The molecule has 2 atom stereocenters. The number of nitrogens with zero attached hydrogens (tertiary/aromatic N) is 3. The number of aromatic nitrogens is 2. The summed E-state index contributed by atoms with van der Waals surface area (Å²) in [6.07, 6.45) is 5.08. The van der Waals surface area contributed by atoms with Gasteiger partial charge in [-0.2, -0.15) is 5.10 Å². The van der Waals surface area contributed by atoms with Crippen LogP contribution in [0, 0.1) is 5.41 Å². The van der Waals surface area contributed by atoms with Crippen LogP contribution in [-0.4, -0.2) is 28.1 Å². The Morgan fingerprint density at radius 2 is 1.95 bits per heavy atom. The third kappa shape index (κ3) is 2.74. The Morgan fingerprint density at radius 3 is 2.48 bits per heavy atom. The summed E-state index contributed by atoms with van der Waals surface area (Å²) in [5, 5.41) is 16.9. The quantitative estimate of drug-likeness (QED) is 0.645. The molecule has 2 rings (SSSR count). The molecule has 1 aromatic rings. The summed E-state index contributed by atoms with van der Waals surface area (Å²) < 4.78 is 0. The fourth-order valence-corrected chi connectivity index (χ4v) is 3.48. The average molecular weight is 289 g/mol. The minimum atomic E-state index is 0.111. The van der Waals surface area contributed by atoms with Gasteiger partial charge in [-0.05, 0) is 44.6 Å². The zero-order valence-corrected chi connectivity index (χ0v) is 13.6. The molecule has 0 radical (unpaired) electrons. The summed E-state index contributed by atoms with van der Waals surface area (Å²) in [7, 11) is 0. The highest BCUT2D eigenvalue weighted by atomic mass is 15.3. The van der Waals surface area contributed by atoms with Crippen molar-refractivity contribution in [3.63, 3.8) is 0 Å². The molecule has 3 N–H and O–H groups in total. The number of hydrogen-bond donors (Lipinski definition) is 2. The van der Waals surface area contributed by atoms with Crippen LogP contribution in [-0.2, 0) is 12.8 Å². The first-order valence-corrected chi connectivity index (χ1v) is 8.06. The third-order valence-corrected chi connectivity index (χ3v) is 4.60. The zero-order valence-electron chi connectivity index (χ0n) is 13.6. The smallest absolute Gasteiger partial charge is 0.163 e. The van der Waals surface area contributed by atoms with Gasteiger partial charge in [0.2, 0.25) is 0 Å². The van der Waals surface area contributed by atoms with Crippen LogP contribution in [0.5, 0.6) is 0 Å². The van der Waals surface area contributed by atoms with Crippen molar-refractivity contribution in [2.24, 2.45) is 5.73 Å². The van der Waals surface area contributed by atoms with Gasteiger partial charge >= 0.3 is 0 Å². The van der Waals surface area contributed by atoms with E-state index in [1.165, 1.54) is 6.42 Å². The van der Waals surface area contributed by atoms with Gasteiger partial charge in [-0.1, -0.05) is 20.8 Å². The van der Waals surface area contributed by atoms with Gasteiger partial charge in [-0.15, -0.1) is 5.10 Å². The maximum atomic E-state index is 8.03. The molecule has 0 bridgehead atoms. The number of nitrogen functional groups attached to an aromatic ring is 1. The molecule has 0 aliphatic carbocycles. The molecule has 116 valence electrons. The summed E-state index contributed by atoms with van der Waals surface area (Å²) >= 11 is 0. The Labute approximate surface area is 127 Å². The molecule has 0 amide bonds. The standard InChI is InChI=1S/C16H27N5/c1-5-11-9-8-10(4)21(11)16-14(15(17)18)12(6-2)13(7-3)19-20-16/h10-11H,5-9H2,1-4H3,(H3,17,18). The number of aryl methyl sites for hydroxylation is 1. The van der Waals surface area contributed by atoms with Crippen LogP contribution in [0.25, 0.3) is 0 Å². The second-order valence-electron chi connectivity index (χ2n) is 5.84. The number of rotatable bonds is 5. The Morgan fingerprint density at radius 1 is 1.24 bits per heavy atom. The van der Waals surface area contributed by atoms with Crippen molar-refractivity contribution in [2.45, 2.75) is 71.9 Å². The minimum Gasteiger partial charge on any atom is -0.384 e. The van der Waals surface area contributed by atoms with Crippen LogP contribution in [0.3, 0.4) is 0 Å². The van der Waals surface area contributed by atoms with E-state index in [0.29, 0.717) is 12.1 Å². The molecule has 5 nitrogen and oxygen atoms in total. The van der Waals surface area contributed by atoms with Crippen LogP contribution >= 0.6 is 0 Å². The van der Waals surface area contributed by atoms with Gasteiger partial charge in [0.1, 0.15) is 5.84 Å². The second kappa shape index (κ2) is 6.41. The van der Waals surface area contributed by atoms with Crippen LogP contribution in [0.2, 0.25) is 0 Å². The molecular weight excluding hydrogens is 262 g/mol. The molecule has 5 heteroatoms. The van der Waals surface area contributed by atoms with Crippen LogP contribution in [0.15, 0.2) is 0 Å². The predicted molar refractivity (Wildman–Crippen MR) is 87.1 cm³/mol. The molecule has 1 aromatic heterocycles. The molecule has 1 aliphatic heterocycles. The number of hydrogen-bond acceptors (Lipinski definition) is 4. The lowest BCUT2D eigenvalue weighted by atomic mass is 10.0. The molecule has 1 saturated heterocycles. The highest BCUT2D eigenvalue weighted by Gasteiger charge is 2.33. The van der Waals surface area contributed by atoms with Crippen molar-refractivity contribution >= 4 is 11.7 Å². The largest absolute Gasteiger partial charge is 0.384 e. The molecular formula is C16H27N5. The fraction of sp³-hybridized carbons (Fsp3) is 0.688. The molecule has 0 aromatic carbocycles. The van der Waals surface area contributed by atoms with E-state index in [0.717, 1.165) is 48.3 Å². The average Bonchev–Trinajstić information content (AvgIpc) is 2.86. The maximum Gasteiger partial charge on any atom is 0.163 e. The summed E-state index contributed by atoms with van der Waals surface area (Å²) in [4.78, 5) is 2.34. The zero-order chi connectivity index (χ0) is 15.6. The van der Waals surface area contributed by atoms with Crippen molar-refractivity contribution in [3.05, 3.63) is 16.8 Å².